The van der Waals surface area contributed by atoms with E-state index in [0.717, 1.165) is 24.8 Å². The molecule has 0 bridgehead atoms. The molecule has 8 unspecified atom stereocenters. The summed E-state index contributed by atoms with van der Waals surface area (Å²) in [5.74, 6) is -5.30. The highest BCUT2D eigenvalue weighted by Gasteiger charge is 2.77. The molecule has 1 aromatic rings. The molecule has 0 aromatic heterocycles. The second-order valence-corrected chi connectivity index (χ2v) is 19.1. The van der Waals surface area contributed by atoms with E-state index >= 15 is 0 Å². The van der Waals surface area contributed by atoms with Gasteiger partial charge in [-0.25, -0.2) is 9.59 Å². The van der Waals surface area contributed by atoms with E-state index in [4.69, 9.17) is 14.2 Å². The number of ketones is 2. The first-order valence-corrected chi connectivity index (χ1v) is 22.6. The number of hydrogen-bond donors (Lipinski definition) is 5. The highest BCUT2D eigenvalue weighted by molar-refractivity contribution is 6.17. The third kappa shape index (κ3) is 9.78. The first kappa shape index (κ1) is 50.6. The zero-order valence-electron chi connectivity index (χ0n) is 39.1. The van der Waals surface area contributed by atoms with Crippen molar-refractivity contribution in [2.75, 3.05) is 0 Å². The number of carboxylic acids is 2. The summed E-state index contributed by atoms with van der Waals surface area (Å²) in [6.45, 7) is 17.0. The lowest BCUT2D eigenvalue weighted by Crippen LogP contribution is -2.66. The summed E-state index contributed by atoms with van der Waals surface area (Å²) < 4.78 is 20.2. The Labute approximate surface area is 381 Å². The van der Waals surface area contributed by atoms with E-state index in [9.17, 15) is 49.5 Å². The maximum absolute atomic E-state index is 14.7. The number of rotatable bonds is 14. The summed E-state index contributed by atoms with van der Waals surface area (Å²) in [7, 11) is 0. The lowest BCUT2D eigenvalue weighted by molar-refractivity contribution is -0.184. The zero-order chi connectivity index (χ0) is 48.2. The number of phenolic OH excluding ortho intramolecular Hbond substituents is 1. The van der Waals surface area contributed by atoms with Crippen LogP contribution in [0.1, 0.15) is 135 Å². The van der Waals surface area contributed by atoms with Crippen molar-refractivity contribution < 1.29 is 63.7 Å². The van der Waals surface area contributed by atoms with Gasteiger partial charge in [-0.3, -0.25) is 9.59 Å². The molecule has 352 valence electrons. The third-order valence-corrected chi connectivity index (χ3v) is 13.2. The van der Waals surface area contributed by atoms with Crippen LogP contribution in [0.5, 0.6) is 17.2 Å². The minimum Gasteiger partial charge on any atom is -0.506 e. The lowest BCUT2D eigenvalue weighted by Gasteiger charge is -2.50. The van der Waals surface area contributed by atoms with Crippen molar-refractivity contribution in [1.29, 1.82) is 0 Å². The molecular weight excluding hydrogens is 833 g/mol. The van der Waals surface area contributed by atoms with E-state index in [0.29, 0.717) is 48.8 Å². The Morgan fingerprint density at radius 1 is 0.923 bits per heavy atom. The Morgan fingerprint density at radius 3 is 2.23 bits per heavy atom. The average Bonchev–Trinajstić information content (AvgIpc) is 3.44. The van der Waals surface area contributed by atoms with Crippen molar-refractivity contribution in [2.45, 2.75) is 155 Å². The molecule has 2 fully saturated rings. The maximum atomic E-state index is 14.7. The van der Waals surface area contributed by atoms with Crippen molar-refractivity contribution in [3.05, 3.63) is 93.7 Å². The number of carboxylic acid groups (broad SMARTS) is 2. The smallest absolute Gasteiger partial charge is 0.340 e. The maximum Gasteiger partial charge on any atom is 0.340 e. The average molecular weight is 899 g/mol. The van der Waals surface area contributed by atoms with Gasteiger partial charge < -0.3 is 44.5 Å². The van der Waals surface area contributed by atoms with E-state index in [1.165, 1.54) is 18.6 Å². The Balaban J connectivity index is 0.000000370. The number of carbonyl (C=O) groups is 5. The highest BCUT2D eigenvalue weighted by Crippen LogP contribution is 2.64. The van der Waals surface area contributed by atoms with Crippen LogP contribution < -0.4 is 9.47 Å². The van der Waals surface area contributed by atoms with E-state index in [2.05, 4.69) is 13.0 Å². The first-order valence-electron chi connectivity index (χ1n) is 22.6. The van der Waals surface area contributed by atoms with Crippen molar-refractivity contribution in [3.63, 3.8) is 0 Å². The second-order valence-electron chi connectivity index (χ2n) is 19.1. The number of aromatic hydroxyl groups is 1. The molecule has 1 spiro atoms. The number of carbonyl (C=O) groups excluding carboxylic acids is 3. The van der Waals surface area contributed by atoms with E-state index in [1.807, 2.05) is 58.9 Å². The molecule has 65 heavy (non-hydrogen) atoms. The Morgan fingerprint density at radius 2 is 1.62 bits per heavy atom. The Kier molecular flexibility index (Phi) is 15.6. The summed E-state index contributed by atoms with van der Waals surface area (Å²) in [5.41, 5.74) is -2.67. The number of Topliss-reactive ketones (excluding diaryl/α,β-unsaturated/α-hetero) is 2. The van der Waals surface area contributed by atoms with Crippen LogP contribution in [-0.4, -0.2) is 89.9 Å². The minimum atomic E-state index is -2.16. The number of aliphatic hydroxyl groups excluding tert-OH is 2. The van der Waals surface area contributed by atoms with E-state index in [1.54, 1.807) is 38.2 Å². The fourth-order valence-corrected chi connectivity index (χ4v) is 9.73. The summed E-state index contributed by atoms with van der Waals surface area (Å²) in [5, 5.41) is 51.4. The quantitative estimate of drug-likeness (QED) is 0.0390. The van der Waals surface area contributed by atoms with Crippen molar-refractivity contribution in [1.82, 2.24) is 0 Å². The van der Waals surface area contributed by atoms with Gasteiger partial charge in [0.05, 0.1) is 23.2 Å². The van der Waals surface area contributed by atoms with Crippen LogP contribution in [0.3, 0.4) is 0 Å². The molecule has 5 N–H and O–H groups in total. The number of phenols is 1. The number of hydrogen-bond acceptors (Lipinski definition) is 11. The number of benzene rings is 1. The lowest BCUT2D eigenvalue weighted by atomic mass is 9.60. The molecule has 6 rings (SSSR count). The molecule has 0 amide bonds. The predicted octanol–water partition coefficient (Wildman–Crippen LogP) is 8.54. The Bertz CT molecular complexity index is 2280. The SMILES string of the molecule is CC(C)=CCCC1(C)C=Cc2c(O)c3c(c(CC=C(C)C)c2O1)OC12C(=CCCC1C(C)(C)OC2(CC=C(C)C(=O)O)C(=O)O)C3=O.CCCC=CC=CC1CC(O)C(O)C(=O)C1C=O. The van der Waals surface area contributed by atoms with E-state index in [-0.39, 0.29) is 47.0 Å². The van der Waals surface area contributed by atoms with Gasteiger partial charge in [0.15, 0.2) is 17.2 Å². The fraction of sp³-hybridized carbons (Fsp3) is 0.519. The zero-order valence-corrected chi connectivity index (χ0v) is 39.1. The molecule has 3 heterocycles. The van der Waals surface area contributed by atoms with Gasteiger partial charge in [-0.2, -0.15) is 0 Å². The summed E-state index contributed by atoms with van der Waals surface area (Å²) in [6, 6.07) is 0. The van der Waals surface area contributed by atoms with Crippen molar-refractivity contribution in [2.24, 2.45) is 17.8 Å². The molecule has 1 saturated heterocycles. The van der Waals surface area contributed by atoms with Gasteiger partial charge >= 0.3 is 11.9 Å². The van der Waals surface area contributed by atoms with Crippen LogP contribution >= 0.6 is 0 Å². The summed E-state index contributed by atoms with van der Waals surface area (Å²) in [6.07, 6.45) is 20.8. The standard InChI is InChI=1S/C38H46O9.C14H20O4/c1-21(2)11-10-18-36(8)19-17-24-29(39)28-30(40)26-12-9-13-27-35(6,7)47-37(34(43)44,20-16-23(5)33(41)42)38(26,27)46-32(28)25(31(24)45-36)15-14-22(3)4;1-2-3-4-5-6-7-10-8-12(16)14(18)13(17)11(10)9-15/h11-12,14,16-17,19,27,39H,9-10,13,15,18,20H2,1-8H3,(H,41,42)(H,43,44);4-7,9-12,14,16,18H,2-3,8H2,1H3. The van der Waals surface area contributed by atoms with Gasteiger partial charge in [0.1, 0.15) is 40.8 Å². The van der Waals surface area contributed by atoms with Crippen LogP contribution in [-0.2, 0) is 30.3 Å². The summed E-state index contributed by atoms with van der Waals surface area (Å²) >= 11 is 0. The second kappa shape index (κ2) is 20.0. The predicted molar refractivity (Wildman–Crippen MR) is 246 cm³/mol. The Hall–Kier alpha value is -5.37. The van der Waals surface area contributed by atoms with Crippen molar-refractivity contribution >= 4 is 35.9 Å². The molecular formula is C52H66O13. The van der Waals surface area contributed by atoms with Gasteiger partial charge in [0.25, 0.3) is 0 Å². The van der Waals surface area contributed by atoms with Crippen LogP contribution in [0.2, 0.25) is 0 Å². The monoisotopic (exact) mass is 898 g/mol. The van der Waals surface area contributed by atoms with Gasteiger partial charge in [-0.1, -0.05) is 73.1 Å². The van der Waals surface area contributed by atoms with Crippen LogP contribution in [0.4, 0.5) is 0 Å². The van der Waals surface area contributed by atoms with Gasteiger partial charge in [0.2, 0.25) is 5.60 Å². The fourth-order valence-electron chi connectivity index (χ4n) is 9.73. The molecule has 5 aliphatic rings. The molecule has 2 aliphatic carbocycles. The normalized spacial score (nSPS) is 29.8. The minimum absolute atomic E-state index is 0.0407. The topological polar surface area (TPSA) is 214 Å². The van der Waals surface area contributed by atoms with Crippen LogP contribution in [0, 0.1) is 17.8 Å². The number of allylic oxidation sites excluding steroid dienone is 9. The highest BCUT2D eigenvalue weighted by atomic mass is 16.6. The van der Waals surface area contributed by atoms with Crippen LogP contribution in [0.25, 0.3) is 6.08 Å². The number of unbranched alkanes of at least 4 members (excludes halogenated alkanes) is 1. The molecule has 8 atom stereocenters. The number of aliphatic carboxylic acids is 2. The molecule has 1 aromatic carbocycles. The molecule has 0 radical (unpaired) electrons. The molecule has 3 aliphatic heterocycles. The molecule has 13 nitrogen and oxygen atoms in total. The number of fused-ring (bicyclic) bond motifs is 2. The number of ether oxygens (including phenoxy) is 3. The van der Waals surface area contributed by atoms with Gasteiger partial charge in [0, 0.05) is 29.0 Å². The van der Waals surface area contributed by atoms with Crippen molar-refractivity contribution in [3.8, 4) is 17.2 Å². The first-order chi connectivity index (χ1) is 30.5. The number of aliphatic hydroxyl groups is 2. The van der Waals surface area contributed by atoms with Crippen LogP contribution in [0.15, 0.2) is 77.0 Å². The third-order valence-electron chi connectivity index (χ3n) is 13.2. The number of aldehydes is 1. The molecule has 1 saturated carbocycles. The molecule has 13 heteroatoms. The van der Waals surface area contributed by atoms with Gasteiger partial charge in [-0.05, 0) is 118 Å². The largest absolute Gasteiger partial charge is 0.506 e. The summed E-state index contributed by atoms with van der Waals surface area (Å²) in [4.78, 5) is 62.6. The van der Waals surface area contributed by atoms with Gasteiger partial charge in [-0.15, -0.1) is 0 Å². The van der Waals surface area contributed by atoms with E-state index < -0.39 is 70.0 Å².